The molecule has 0 fully saturated rings. The van der Waals surface area contributed by atoms with Crippen molar-refractivity contribution in [3.05, 3.63) is 35.9 Å². The summed E-state index contributed by atoms with van der Waals surface area (Å²) in [6, 6.07) is 7.44. The molecule has 0 aromatic heterocycles. The van der Waals surface area contributed by atoms with Crippen molar-refractivity contribution in [1.29, 1.82) is 0 Å². The molecule has 0 amide bonds. The molecule has 7 heteroatoms. The van der Waals surface area contributed by atoms with E-state index in [0.29, 0.717) is 0 Å². The Morgan fingerprint density at radius 2 is 1.56 bits per heavy atom. The van der Waals surface area contributed by atoms with Crippen molar-refractivity contribution in [2.24, 2.45) is 0 Å². The molecule has 0 radical (unpaired) electrons. The second-order valence-corrected chi connectivity index (χ2v) is 3.30. The van der Waals surface area contributed by atoms with Gasteiger partial charge in [-0.2, -0.15) is 0 Å². The van der Waals surface area contributed by atoms with Crippen molar-refractivity contribution in [2.45, 2.75) is 12.2 Å². The van der Waals surface area contributed by atoms with Gasteiger partial charge in [-0.1, -0.05) is 18.2 Å². The molecular formula is C11H10O7. The Hall–Kier alpha value is -2.25. The highest BCUT2D eigenvalue weighted by Gasteiger charge is 2.32. The molecule has 0 bridgehead atoms. The summed E-state index contributed by atoms with van der Waals surface area (Å²) in [5.74, 6) is -4.37. The molecule has 1 rings (SSSR count). The smallest absolute Gasteiger partial charge is 0.346 e. The Balaban J connectivity index is 2.66. The Morgan fingerprint density at radius 1 is 1.00 bits per heavy atom. The van der Waals surface area contributed by atoms with E-state index in [0.717, 1.165) is 0 Å². The van der Waals surface area contributed by atoms with Crippen molar-refractivity contribution in [3.8, 4) is 0 Å². The molecule has 0 aliphatic carbocycles. The molecule has 18 heavy (non-hydrogen) atoms. The fourth-order valence-corrected chi connectivity index (χ4v) is 1.05. The van der Waals surface area contributed by atoms with E-state index in [1.165, 1.54) is 24.3 Å². The van der Waals surface area contributed by atoms with Crippen molar-refractivity contribution >= 4 is 17.9 Å². The molecule has 0 aliphatic rings. The van der Waals surface area contributed by atoms with Crippen LogP contribution in [0, 0.1) is 0 Å². The number of rotatable bonds is 4. The minimum absolute atomic E-state index is 0.0582. The van der Waals surface area contributed by atoms with Crippen LogP contribution in [0.5, 0.6) is 0 Å². The van der Waals surface area contributed by atoms with Gasteiger partial charge in [0.05, 0.1) is 5.56 Å². The van der Waals surface area contributed by atoms with Crippen molar-refractivity contribution in [3.63, 3.8) is 0 Å². The standard InChI is InChI=1S/C11H10O7/c12-7(9(14)15)8(13)11(17)18-10(16)6-4-2-1-3-5-6/h1-5,7-8,12-13H,(H,14,15)/t7-,8-/m1/s1. The first-order valence-corrected chi connectivity index (χ1v) is 4.83. The number of carboxylic acids is 1. The largest absolute Gasteiger partial charge is 0.479 e. The first-order chi connectivity index (χ1) is 8.43. The molecule has 0 spiro atoms. The van der Waals surface area contributed by atoms with E-state index in [2.05, 4.69) is 4.74 Å². The molecule has 1 aromatic rings. The number of ether oxygens (including phenoxy) is 1. The van der Waals surface area contributed by atoms with E-state index in [-0.39, 0.29) is 5.56 Å². The van der Waals surface area contributed by atoms with Crippen molar-refractivity contribution in [1.82, 2.24) is 0 Å². The van der Waals surface area contributed by atoms with Crippen LogP contribution in [0.2, 0.25) is 0 Å². The zero-order chi connectivity index (χ0) is 13.7. The lowest BCUT2D eigenvalue weighted by Gasteiger charge is -2.11. The number of aliphatic hydroxyl groups excluding tert-OH is 2. The van der Waals surface area contributed by atoms with Gasteiger partial charge in [-0.25, -0.2) is 14.4 Å². The first kappa shape index (κ1) is 13.8. The fraction of sp³-hybridized carbons (Fsp3) is 0.182. The second-order valence-electron chi connectivity index (χ2n) is 3.30. The average molecular weight is 254 g/mol. The molecule has 0 heterocycles. The SMILES string of the molecule is O=C(OC(=O)[C@H](O)[C@@H](O)C(=O)O)c1ccccc1. The maximum atomic E-state index is 11.4. The van der Waals surface area contributed by atoms with Crippen molar-refractivity contribution in [2.75, 3.05) is 0 Å². The van der Waals surface area contributed by atoms with Gasteiger partial charge < -0.3 is 20.1 Å². The highest BCUT2D eigenvalue weighted by atomic mass is 16.6. The lowest BCUT2D eigenvalue weighted by atomic mass is 10.2. The molecule has 3 N–H and O–H groups in total. The molecule has 7 nitrogen and oxygen atoms in total. The predicted octanol–water partition coefficient (Wildman–Crippen LogP) is -0.824. The molecule has 1 aromatic carbocycles. The number of hydrogen-bond acceptors (Lipinski definition) is 6. The highest BCUT2D eigenvalue weighted by Crippen LogP contribution is 2.04. The Morgan fingerprint density at radius 3 is 2.06 bits per heavy atom. The van der Waals surface area contributed by atoms with Gasteiger partial charge in [0.25, 0.3) is 0 Å². The third kappa shape index (κ3) is 3.37. The minimum Gasteiger partial charge on any atom is -0.479 e. The van der Waals surface area contributed by atoms with Gasteiger partial charge >= 0.3 is 17.9 Å². The summed E-state index contributed by atoms with van der Waals surface area (Å²) in [6.45, 7) is 0. The van der Waals surface area contributed by atoms with E-state index in [1.807, 2.05) is 0 Å². The van der Waals surface area contributed by atoms with Gasteiger partial charge in [0.1, 0.15) is 0 Å². The molecular weight excluding hydrogens is 244 g/mol. The number of carboxylic acid groups (broad SMARTS) is 1. The van der Waals surface area contributed by atoms with Crippen LogP contribution in [0.25, 0.3) is 0 Å². The van der Waals surface area contributed by atoms with Crippen LogP contribution in [0.4, 0.5) is 0 Å². The lowest BCUT2D eigenvalue weighted by molar-refractivity contribution is -0.166. The van der Waals surface area contributed by atoms with Crippen LogP contribution in [0.1, 0.15) is 10.4 Å². The lowest BCUT2D eigenvalue weighted by Crippen LogP contribution is -2.41. The van der Waals surface area contributed by atoms with Crippen molar-refractivity contribution < 1.29 is 34.4 Å². The quantitative estimate of drug-likeness (QED) is 0.474. The minimum atomic E-state index is -2.35. The van der Waals surface area contributed by atoms with Gasteiger partial charge in [0, 0.05) is 0 Å². The number of carbonyl (C=O) groups excluding carboxylic acids is 2. The maximum Gasteiger partial charge on any atom is 0.346 e. The van der Waals surface area contributed by atoms with E-state index >= 15 is 0 Å². The van der Waals surface area contributed by atoms with Crippen LogP contribution in [0.3, 0.4) is 0 Å². The van der Waals surface area contributed by atoms with Gasteiger partial charge in [-0.15, -0.1) is 0 Å². The van der Waals surface area contributed by atoms with E-state index < -0.39 is 30.1 Å². The molecule has 0 saturated heterocycles. The van der Waals surface area contributed by atoms with Crippen LogP contribution in [0.15, 0.2) is 30.3 Å². The van der Waals surface area contributed by atoms with Crippen LogP contribution in [-0.4, -0.2) is 45.4 Å². The van der Waals surface area contributed by atoms with Crippen LogP contribution < -0.4 is 0 Å². The Kier molecular flexibility index (Phi) is 4.52. The second kappa shape index (κ2) is 5.89. The summed E-state index contributed by atoms with van der Waals surface area (Å²) in [7, 11) is 0. The number of aliphatic carboxylic acids is 1. The average Bonchev–Trinajstić information content (AvgIpc) is 2.37. The summed E-state index contributed by atoms with van der Waals surface area (Å²) in [6.07, 6.45) is -4.67. The van der Waals surface area contributed by atoms with Gasteiger partial charge in [-0.3, -0.25) is 0 Å². The Bertz CT molecular complexity index is 454. The third-order valence-electron chi connectivity index (χ3n) is 2.00. The summed E-state index contributed by atoms with van der Waals surface area (Å²) in [5, 5.41) is 26.3. The van der Waals surface area contributed by atoms with E-state index in [1.54, 1.807) is 6.07 Å². The summed E-state index contributed by atoms with van der Waals surface area (Å²) >= 11 is 0. The maximum absolute atomic E-state index is 11.4. The summed E-state index contributed by atoms with van der Waals surface area (Å²) < 4.78 is 4.22. The zero-order valence-corrected chi connectivity index (χ0v) is 9.02. The number of esters is 2. The molecule has 0 unspecified atom stereocenters. The molecule has 0 aliphatic heterocycles. The van der Waals surface area contributed by atoms with E-state index in [9.17, 15) is 14.4 Å². The monoisotopic (exact) mass is 254 g/mol. The summed E-state index contributed by atoms with van der Waals surface area (Å²) in [5.41, 5.74) is 0.0582. The third-order valence-corrected chi connectivity index (χ3v) is 2.00. The first-order valence-electron chi connectivity index (χ1n) is 4.83. The predicted molar refractivity (Wildman–Crippen MR) is 56.5 cm³/mol. The number of carbonyl (C=O) groups is 3. The van der Waals surface area contributed by atoms with Gasteiger partial charge in [0.15, 0.2) is 12.2 Å². The molecule has 96 valence electrons. The normalized spacial score (nSPS) is 13.4. The number of hydrogen-bond donors (Lipinski definition) is 3. The topological polar surface area (TPSA) is 121 Å². The zero-order valence-electron chi connectivity index (χ0n) is 9.02. The van der Waals surface area contributed by atoms with Gasteiger partial charge in [0.2, 0.25) is 0 Å². The summed E-state index contributed by atoms with van der Waals surface area (Å²) in [4.78, 5) is 32.8. The van der Waals surface area contributed by atoms with Crippen LogP contribution in [-0.2, 0) is 14.3 Å². The molecule has 2 atom stereocenters. The van der Waals surface area contributed by atoms with E-state index in [4.69, 9.17) is 15.3 Å². The highest BCUT2D eigenvalue weighted by molar-refractivity contribution is 5.98. The number of aliphatic hydroxyl groups is 2. The Labute approximate surface area is 101 Å². The fourth-order valence-electron chi connectivity index (χ4n) is 1.05. The number of benzene rings is 1. The molecule has 0 saturated carbocycles. The van der Waals surface area contributed by atoms with Gasteiger partial charge in [-0.05, 0) is 12.1 Å². The van der Waals surface area contributed by atoms with Crippen LogP contribution >= 0.6 is 0 Å².